The molecule has 0 heterocycles. The fourth-order valence-electron chi connectivity index (χ4n) is 1.57. The van der Waals surface area contributed by atoms with Crippen LogP contribution in [0.25, 0.3) is 0 Å². The molecular weight excluding hydrogens is 192 g/mol. The fraction of sp³-hybridized carbons (Fsp3) is 0.500. The van der Waals surface area contributed by atoms with Gasteiger partial charge in [-0.25, -0.2) is 0 Å². The summed E-state index contributed by atoms with van der Waals surface area (Å²) in [4.78, 5) is 0. The van der Waals surface area contributed by atoms with Crippen LogP contribution < -0.4 is 0 Å². The minimum Gasteiger partial charge on any atom is -0.507 e. The molecule has 78 valence electrons. The topological polar surface area (TPSA) is 20.2 Å². The van der Waals surface area contributed by atoms with Crippen molar-refractivity contribution >= 4 is 11.8 Å². The second-order valence-electron chi connectivity index (χ2n) is 3.94. The third kappa shape index (κ3) is 2.44. The molecule has 0 amide bonds. The quantitative estimate of drug-likeness (QED) is 0.821. The Morgan fingerprint density at radius 2 is 2.00 bits per heavy atom. The van der Waals surface area contributed by atoms with Gasteiger partial charge in [0.15, 0.2) is 0 Å². The molecule has 1 aromatic carbocycles. The summed E-state index contributed by atoms with van der Waals surface area (Å²) >= 11 is 1.81. The molecule has 0 saturated carbocycles. The van der Waals surface area contributed by atoms with Gasteiger partial charge in [0, 0.05) is 5.75 Å². The van der Waals surface area contributed by atoms with E-state index in [1.54, 1.807) is 0 Å². The van der Waals surface area contributed by atoms with E-state index in [0.717, 1.165) is 16.9 Å². The van der Waals surface area contributed by atoms with E-state index in [-0.39, 0.29) is 0 Å². The monoisotopic (exact) mass is 210 g/mol. The van der Waals surface area contributed by atoms with Crippen molar-refractivity contribution in [2.45, 2.75) is 32.4 Å². The number of rotatable bonds is 3. The Morgan fingerprint density at radius 1 is 1.36 bits per heavy atom. The molecule has 0 aliphatic rings. The molecule has 1 rings (SSSR count). The first kappa shape index (κ1) is 11.4. The maximum absolute atomic E-state index is 9.85. The van der Waals surface area contributed by atoms with Crippen LogP contribution in [0.2, 0.25) is 0 Å². The Morgan fingerprint density at radius 3 is 2.50 bits per heavy atom. The number of thioether (sulfide) groups is 1. The van der Waals surface area contributed by atoms with E-state index in [4.69, 9.17) is 0 Å². The highest BCUT2D eigenvalue weighted by Crippen LogP contribution is 2.30. The second-order valence-corrected chi connectivity index (χ2v) is 4.80. The smallest absolute Gasteiger partial charge is 0.121 e. The molecule has 0 aliphatic heterocycles. The lowest BCUT2D eigenvalue weighted by Gasteiger charge is -2.12. The lowest BCUT2D eigenvalue weighted by Crippen LogP contribution is -1.93. The summed E-state index contributed by atoms with van der Waals surface area (Å²) in [6, 6.07) is 4.18. The molecule has 0 atom stereocenters. The molecule has 1 N–H and O–H groups in total. The zero-order valence-corrected chi connectivity index (χ0v) is 10.1. The molecule has 0 saturated heterocycles. The van der Waals surface area contributed by atoms with Gasteiger partial charge in [0.1, 0.15) is 5.75 Å². The average molecular weight is 210 g/mol. The molecule has 2 heteroatoms. The van der Waals surface area contributed by atoms with Crippen molar-refractivity contribution in [1.29, 1.82) is 0 Å². The van der Waals surface area contributed by atoms with Crippen molar-refractivity contribution in [3.63, 3.8) is 0 Å². The highest BCUT2D eigenvalue weighted by atomic mass is 32.2. The number of benzene rings is 1. The van der Waals surface area contributed by atoms with Gasteiger partial charge in [-0.15, -0.1) is 0 Å². The molecule has 0 unspecified atom stereocenters. The molecule has 1 aromatic rings. The molecular formula is C12H18OS. The molecule has 0 bridgehead atoms. The predicted molar refractivity (Wildman–Crippen MR) is 64.2 cm³/mol. The molecule has 1 nitrogen and oxygen atoms in total. The zero-order chi connectivity index (χ0) is 10.7. The van der Waals surface area contributed by atoms with Gasteiger partial charge in [-0.3, -0.25) is 0 Å². The first-order valence-electron chi connectivity index (χ1n) is 4.87. The summed E-state index contributed by atoms with van der Waals surface area (Å²) in [6.07, 6.45) is 2.09. The molecule has 0 fully saturated rings. The average Bonchev–Trinajstić information content (AvgIpc) is 2.11. The van der Waals surface area contributed by atoms with E-state index in [1.165, 1.54) is 5.56 Å². The van der Waals surface area contributed by atoms with Crippen molar-refractivity contribution in [2.24, 2.45) is 0 Å². The summed E-state index contributed by atoms with van der Waals surface area (Å²) in [6.45, 7) is 6.18. The van der Waals surface area contributed by atoms with E-state index >= 15 is 0 Å². The van der Waals surface area contributed by atoms with Gasteiger partial charge in [0.2, 0.25) is 0 Å². The van der Waals surface area contributed by atoms with Crippen LogP contribution in [-0.2, 0) is 5.75 Å². The zero-order valence-electron chi connectivity index (χ0n) is 9.29. The second kappa shape index (κ2) is 4.74. The molecule has 0 spiro atoms. The standard InChI is InChI=1S/C12H18OS/c1-8(2)11-6-10(7-14-4)5-9(3)12(11)13/h5-6,8,13H,7H2,1-4H3. The predicted octanol–water partition coefficient (Wildman–Crippen LogP) is 3.69. The summed E-state index contributed by atoms with van der Waals surface area (Å²) in [7, 11) is 0. The van der Waals surface area contributed by atoms with Crippen molar-refractivity contribution in [3.8, 4) is 5.75 Å². The van der Waals surface area contributed by atoms with Gasteiger partial charge in [0.25, 0.3) is 0 Å². The number of phenolic OH excluding ortho intramolecular Hbond substituents is 1. The first-order valence-corrected chi connectivity index (χ1v) is 6.27. The summed E-state index contributed by atoms with van der Waals surface area (Å²) in [5.74, 6) is 1.86. The lowest BCUT2D eigenvalue weighted by atomic mass is 9.97. The fourth-order valence-corrected chi connectivity index (χ4v) is 2.07. The Balaban J connectivity index is 3.14. The summed E-state index contributed by atoms with van der Waals surface area (Å²) in [5, 5.41) is 9.85. The Labute approximate surface area is 90.5 Å². The van der Waals surface area contributed by atoms with Gasteiger partial charge < -0.3 is 5.11 Å². The van der Waals surface area contributed by atoms with Crippen LogP contribution in [0.1, 0.15) is 36.5 Å². The van der Waals surface area contributed by atoms with E-state index in [1.807, 2.05) is 18.7 Å². The highest BCUT2D eigenvalue weighted by Gasteiger charge is 2.09. The number of hydrogen-bond donors (Lipinski definition) is 1. The largest absolute Gasteiger partial charge is 0.507 e. The van der Waals surface area contributed by atoms with Gasteiger partial charge in [-0.05, 0) is 35.8 Å². The van der Waals surface area contributed by atoms with E-state index in [9.17, 15) is 5.11 Å². The SMILES string of the molecule is CSCc1cc(C)c(O)c(C(C)C)c1. The first-order chi connectivity index (χ1) is 6.56. The molecule has 0 aliphatic carbocycles. The minimum atomic E-state index is 0.385. The molecule has 14 heavy (non-hydrogen) atoms. The Kier molecular flexibility index (Phi) is 3.87. The highest BCUT2D eigenvalue weighted by molar-refractivity contribution is 7.97. The molecule has 0 radical (unpaired) electrons. The van der Waals surface area contributed by atoms with E-state index in [2.05, 4.69) is 32.2 Å². The van der Waals surface area contributed by atoms with Crippen LogP contribution in [0, 0.1) is 6.92 Å². The summed E-state index contributed by atoms with van der Waals surface area (Å²) < 4.78 is 0. The van der Waals surface area contributed by atoms with Crippen LogP contribution in [0.15, 0.2) is 12.1 Å². The van der Waals surface area contributed by atoms with Gasteiger partial charge >= 0.3 is 0 Å². The lowest BCUT2D eigenvalue weighted by molar-refractivity contribution is 0.460. The van der Waals surface area contributed by atoms with Crippen LogP contribution in [0.3, 0.4) is 0 Å². The number of hydrogen-bond acceptors (Lipinski definition) is 2. The summed E-state index contributed by atoms with van der Waals surface area (Å²) in [5.41, 5.74) is 3.35. The number of phenols is 1. The van der Waals surface area contributed by atoms with Crippen molar-refractivity contribution in [3.05, 3.63) is 28.8 Å². The van der Waals surface area contributed by atoms with Crippen LogP contribution in [0.4, 0.5) is 0 Å². The molecule has 0 aromatic heterocycles. The maximum Gasteiger partial charge on any atom is 0.121 e. The van der Waals surface area contributed by atoms with Gasteiger partial charge in [-0.1, -0.05) is 26.0 Å². The Hall–Kier alpha value is -0.630. The van der Waals surface area contributed by atoms with Crippen molar-refractivity contribution < 1.29 is 5.11 Å². The third-order valence-electron chi connectivity index (χ3n) is 2.32. The minimum absolute atomic E-state index is 0.385. The van der Waals surface area contributed by atoms with Crippen molar-refractivity contribution in [2.75, 3.05) is 6.26 Å². The number of aromatic hydroxyl groups is 1. The van der Waals surface area contributed by atoms with Gasteiger partial charge in [0.05, 0.1) is 0 Å². The Bertz CT molecular complexity index is 318. The normalized spacial score (nSPS) is 10.9. The number of aryl methyl sites for hydroxylation is 1. The van der Waals surface area contributed by atoms with E-state index in [0.29, 0.717) is 11.7 Å². The van der Waals surface area contributed by atoms with Crippen molar-refractivity contribution in [1.82, 2.24) is 0 Å². The van der Waals surface area contributed by atoms with Crippen LogP contribution in [0.5, 0.6) is 5.75 Å². The van der Waals surface area contributed by atoms with Crippen LogP contribution >= 0.6 is 11.8 Å². The van der Waals surface area contributed by atoms with Gasteiger partial charge in [-0.2, -0.15) is 11.8 Å². The van der Waals surface area contributed by atoms with Crippen LogP contribution in [-0.4, -0.2) is 11.4 Å². The maximum atomic E-state index is 9.85. The van der Waals surface area contributed by atoms with E-state index < -0.39 is 0 Å². The third-order valence-corrected chi connectivity index (χ3v) is 2.94.